The number of hydrogen-bond donors (Lipinski definition) is 2. The van der Waals surface area contributed by atoms with E-state index in [0.717, 1.165) is 36.8 Å². The summed E-state index contributed by atoms with van der Waals surface area (Å²) in [6.07, 6.45) is 14.8. The van der Waals surface area contributed by atoms with Gasteiger partial charge in [-0.15, -0.1) is 0 Å². The molecular formula is C23H33Cl2N3. The van der Waals surface area contributed by atoms with Crippen molar-refractivity contribution in [2.75, 3.05) is 18.4 Å². The van der Waals surface area contributed by atoms with Gasteiger partial charge in [-0.05, 0) is 62.8 Å². The molecule has 0 spiro atoms. The normalized spacial score (nSPS) is 13.7. The van der Waals surface area contributed by atoms with Gasteiger partial charge in [0.2, 0.25) is 0 Å². The Balaban J connectivity index is 1.58. The molecule has 0 aliphatic heterocycles. The number of benzene rings is 1. The fourth-order valence-electron chi connectivity index (χ4n) is 4.21. The first-order chi connectivity index (χ1) is 13.7. The molecule has 0 amide bonds. The number of rotatable bonds is 11. The number of anilines is 1. The van der Waals surface area contributed by atoms with Crippen molar-refractivity contribution in [2.24, 2.45) is 5.73 Å². The first kappa shape index (κ1) is 21.7. The van der Waals surface area contributed by atoms with E-state index in [1.54, 1.807) is 0 Å². The van der Waals surface area contributed by atoms with Gasteiger partial charge in [0.1, 0.15) is 0 Å². The fraction of sp³-hybridized carbons (Fsp3) is 0.609. The van der Waals surface area contributed by atoms with Gasteiger partial charge in [-0.3, -0.25) is 4.98 Å². The highest BCUT2D eigenvalue weighted by atomic mass is 35.5. The van der Waals surface area contributed by atoms with E-state index in [9.17, 15) is 0 Å². The van der Waals surface area contributed by atoms with Crippen LogP contribution in [0.5, 0.6) is 0 Å². The third-order valence-electron chi connectivity index (χ3n) is 5.71. The molecule has 1 aromatic carbocycles. The Labute approximate surface area is 179 Å². The molecule has 3 nitrogen and oxygen atoms in total. The molecule has 0 fully saturated rings. The minimum Gasteiger partial charge on any atom is -0.384 e. The number of unbranched alkanes of at least 4 members (excludes halogenated alkanes) is 7. The van der Waals surface area contributed by atoms with Crippen molar-refractivity contribution in [3.8, 4) is 0 Å². The molecule has 3 rings (SSSR count). The summed E-state index contributed by atoms with van der Waals surface area (Å²) in [5.41, 5.74) is 10.2. The van der Waals surface area contributed by atoms with Gasteiger partial charge in [0, 0.05) is 22.6 Å². The predicted molar refractivity (Wildman–Crippen MR) is 123 cm³/mol. The van der Waals surface area contributed by atoms with Crippen LogP contribution in [0.4, 0.5) is 5.69 Å². The van der Waals surface area contributed by atoms with Crippen LogP contribution in [0.2, 0.25) is 10.0 Å². The third-order valence-corrected chi connectivity index (χ3v) is 6.23. The van der Waals surface area contributed by atoms with E-state index in [-0.39, 0.29) is 0 Å². The second kappa shape index (κ2) is 11.2. The van der Waals surface area contributed by atoms with Crippen molar-refractivity contribution < 1.29 is 0 Å². The van der Waals surface area contributed by atoms with E-state index >= 15 is 0 Å². The van der Waals surface area contributed by atoms with Crippen LogP contribution in [-0.2, 0) is 12.8 Å². The van der Waals surface area contributed by atoms with Crippen LogP contribution >= 0.6 is 23.2 Å². The van der Waals surface area contributed by atoms with E-state index < -0.39 is 0 Å². The second-order valence-electron chi connectivity index (χ2n) is 7.94. The van der Waals surface area contributed by atoms with Crippen molar-refractivity contribution in [3.63, 3.8) is 0 Å². The molecule has 1 heterocycles. The fourth-order valence-corrected chi connectivity index (χ4v) is 4.79. The molecule has 0 atom stereocenters. The predicted octanol–water partition coefficient (Wildman–Crippen LogP) is 6.91. The SMILES string of the molecule is NCCCCCCCCCCNc1c2c(nc3cc(Cl)cc(Cl)c13)CCCC2. The standard InChI is InChI=1S/C23H33Cl2N3/c24-17-15-19(25)22-21(16-17)28-20-12-8-7-11-18(20)23(22)27-14-10-6-4-2-1-3-5-9-13-26/h15-16H,1-14,26H2,(H,27,28). The van der Waals surface area contributed by atoms with Crippen molar-refractivity contribution in [3.05, 3.63) is 33.4 Å². The minimum atomic E-state index is 0.651. The lowest BCUT2D eigenvalue weighted by Crippen LogP contribution is -2.12. The van der Waals surface area contributed by atoms with Crippen LogP contribution in [0.15, 0.2) is 12.1 Å². The molecule has 5 heteroatoms. The van der Waals surface area contributed by atoms with Gasteiger partial charge >= 0.3 is 0 Å². The zero-order chi connectivity index (χ0) is 19.8. The highest BCUT2D eigenvalue weighted by Crippen LogP contribution is 2.38. The molecule has 0 saturated heterocycles. The lowest BCUT2D eigenvalue weighted by atomic mass is 9.92. The van der Waals surface area contributed by atoms with E-state index in [1.807, 2.05) is 12.1 Å². The average molecular weight is 422 g/mol. The molecule has 0 radical (unpaired) electrons. The Morgan fingerprint density at radius 2 is 1.57 bits per heavy atom. The maximum Gasteiger partial charge on any atom is 0.0756 e. The summed E-state index contributed by atoms with van der Waals surface area (Å²) in [4.78, 5) is 4.88. The van der Waals surface area contributed by atoms with Gasteiger partial charge in [0.05, 0.1) is 16.2 Å². The summed E-state index contributed by atoms with van der Waals surface area (Å²) in [6.45, 7) is 1.81. The number of fused-ring (bicyclic) bond motifs is 2. The summed E-state index contributed by atoms with van der Waals surface area (Å²) in [5.74, 6) is 0. The molecule has 1 aromatic heterocycles. The van der Waals surface area contributed by atoms with Crippen LogP contribution in [0, 0.1) is 0 Å². The van der Waals surface area contributed by atoms with Gasteiger partial charge in [-0.1, -0.05) is 61.7 Å². The zero-order valence-electron chi connectivity index (χ0n) is 16.8. The summed E-state index contributed by atoms with van der Waals surface area (Å²) < 4.78 is 0. The Hall–Kier alpha value is -1.03. The smallest absolute Gasteiger partial charge is 0.0756 e. The second-order valence-corrected chi connectivity index (χ2v) is 8.79. The summed E-state index contributed by atoms with van der Waals surface area (Å²) in [6, 6.07) is 3.77. The van der Waals surface area contributed by atoms with Crippen LogP contribution in [0.3, 0.4) is 0 Å². The van der Waals surface area contributed by atoms with Crippen LogP contribution in [0.25, 0.3) is 10.9 Å². The molecule has 0 saturated carbocycles. The topological polar surface area (TPSA) is 50.9 Å². The zero-order valence-corrected chi connectivity index (χ0v) is 18.3. The molecule has 28 heavy (non-hydrogen) atoms. The molecule has 1 aliphatic carbocycles. The average Bonchev–Trinajstić information content (AvgIpc) is 2.68. The molecule has 1 aliphatic rings. The molecule has 2 aromatic rings. The number of halogens is 2. The van der Waals surface area contributed by atoms with E-state index in [4.69, 9.17) is 33.9 Å². The molecular weight excluding hydrogens is 389 g/mol. The summed E-state index contributed by atoms with van der Waals surface area (Å²) in [7, 11) is 0. The Morgan fingerprint density at radius 1 is 0.893 bits per heavy atom. The molecule has 0 unspecified atom stereocenters. The molecule has 154 valence electrons. The lowest BCUT2D eigenvalue weighted by Gasteiger charge is -2.22. The Kier molecular flexibility index (Phi) is 8.69. The number of nitrogens with two attached hydrogens (primary N) is 1. The number of nitrogens with zero attached hydrogens (tertiary/aromatic N) is 1. The summed E-state index contributed by atoms with van der Waals surface area (Å²) in [5, 5.41) is 6.10. The Morgan fingerprint density at radius 3 is 2.32 bits per heavy atom. The quantitative estimate of drug-likeness (QED) is 0.387. The van der Waals surface area contributed by atoms with Crippen LogP contribution in [0.1, 0.15) is 75.5 Å². The molecule has 0 bridgehead atoms. The van der Waals surface area contributed by atoms with Crippen LogP contribution in [-0.4, -0.2) is 18.1 Å². The van der Waals surface area contributed by atoms with Gasteiger partial charge < -0.3 is 11.1 Å². The highest BCUT2D eigenvalue weighted by Gasteiger charge is 2.20. The first-order valence-corrected chi connectivity index (χ1v) is 11.7. The van der Waals surface area contributed by atoms with Gasteiger partial charge in [0.15, 0.2) is 0 Å². The summed E-state index contributed by atoms with van der Waals surface area (Å²) >= 11 is 12.8. The van der Waals surface area contributed by atoms with Crippen molar-refractivity contribution in [1.82, 2.24) is 4.98 Å². The van der Waals surface area contributed by atoms with Gasteiger partial charge in [-0.2, -0.15) is 0 Å². The largest absolute Gasteiger partial charge is 0.384 e. The third kappa shape index (κ3) is 5.75. The lowest BCUT2D eigenvalue weighted by molar-refractivity contribution is 0.574. The van der Waals surface area contributed by atoms with E-state index in [2.05, 4.69) is 5.32 Å². The monoisotopic (exact) mass is 421 g/mol. The van der Waals surface area contributed by atoms with Gasteiger partial charge in [0.25, 0.3) is 0 Å². The highest BCUT2D eigenvalue weighted by molar-refractivity contribution is 6.39. The van der Waals surface area contributed by atoms with Gasteiger partial charge in [-0.25, -0.2) is 0 Å². The maximum atomic E-state index is 6.57. The van der Waals surface area contributed by atoms with E-state index in [0.29, 0.717) is 10.0 Å². The number of hydrogen-bond acceptors (Lipinski definition) is 3. The first-order valence-electron chi connectivity index (χ1n) is 10.9. The maximum absolute atomic E-state index is 6.57. The number of nitrogens with one attached hydrogen (secondary N) is 1. The van der Waals surface area contributed by atoms with Crippen molar-refractivity contribution in [1.29, 1.82) is 0 Å². The number of pyridine rings is 1. The van der Waals surface area contributed by atoms with Crippen molar-refractivity contribution >= 4 is 39.8 Å². The van der Waals surface area contributed by atoms with Crippen molar-refractivity contribution in [2.45, 2.75) is 77.0 Å². The van der Waals surface area contributed by atoms with E-state index in [1.165, 1.54) is 81.2 Å². The Bertz CT molecular complexity index is 776. The minimum absolute atomic E-state index is 0.651. The number of aromatic nitrogens is 1. The number of aryl methyl sites for hydroxylation is 1. The molecule has 3 N–H and O–H groups in total. The van der Waals surface area contributed by atoms with Crippen LogP contribution < -0.4 is 11.1 Å².